The molecule has 2 fully saturated rings. The summed E-state index contributed by atoms with van der Waals surface area (Å²) in [4.78, 5) is 28.2. The van der Waals surface area contributed by atoms with Gasteiger partial charge in [-0.3, -0.25) is 15.0 Å². The van der Waals surface area contributed by atoms with Crippen molar-refractivity contribution in [2.45, 2.75) is 44.8 Å². The molecule has 0 radical (unpaired) electrons. The monoisotopic (exact) mass is 434 g/mol. The maximum absolute atomic E-state index is 15.0. The zero-order valence-corrected chi connectivity index (χ0v) is 17.9. The Balaban J connectivity index is 1.54. The number of benzene rings is 1. The van der Waals surface area contributed by atoms with Gasteiger partial charge >= 0.3 is 5.97 Å². The molecule has 1 saturated heterocycles. The molecule has 1 aromatic carbocycles. The molecule has 3 N–H and O–H groups in total. The second-order valence-electron chi connectivity index (χ2n) is 8.13. The number of methoxy groups -OCH3 is 1. The Morgan fingerprint density at radius 3 is 2.45 bits per heavy atom. The largest absolute Gasteiger partial charge is 0.460 e. The summed E-state index contributed by atoms with van der Waals surface area (Å²) in [6.07, 6.45) is 3.50. The molecule has 9 heteroatoms. The minimum atomic E-state index is -0.663. The van der Waals surface area contributed by atoms with Gasteiger partial charge in [-0.25, -0.2) is 4.39 Å². The van der Waals surface area contributed by atoms with Gasteiger partial charge in [0, 0.05) is 44.8 Å². The van der Waals surface area contributed by atoms with Crippen LogP contribution in [-0.2, 0) is 25.7 Å². The topological polar surface area (TPSA) is 109 Å². The second kappa shape index (κ2) is 10.6. The lowest BCUT2D eigenvalue weighted by molar-refractivity contribution is -0.143. The van der Waals surface area contributed by atoms with Crippen LogP contribution in [0.1, 0.15) is 37.7 Å². The standard InChI is InChI=1S/C22H31FN4O4/c1-30-17-7-5-15(6-8-17)22(29)27-11-9-26(10-12-27)18-4-2-3-16(21(18)23)14-31-20(28)13-19(24)25/h2-4,15,17H,5-14H2,1H3,(H3,24,25). The number of nitrogens with one attached hydrogen (secondary N) is 1. The summed E-state index contributed by atoms with van der Waals surface area (Å²) in [6.45, 7) is 1.99. The molecule has 8 nitrogen and oxygen atoms in total. The number of hydrogen-bond acceptors (Lipinski definition) is 6. The minimum Gasteiger partial charge on any atom is -0.460 e. The van der Waals surface area contributed by atoms with Crippen molar-refractivity contribution >= 4 is 23.4 Å². The quantitative estimate of drug-likeness (QED) is 0.386. The van der Waals surface area contributed by atoms with Crippen LogP contribution in [0.2, 0.25) is 0 Å². The van der Waals surface area contributed by atoms with Crippen molar-refractivity contribution in [1.29, 1.82) is 5.41 Å². The van der Waals surface area contributed by atoms with Crippen molar-refractivity contribution in [3.05, 3.63) is 29.6 Å². The van der Waals surface area contributed by atoms with E-state index < -0.39 is 11.8 Å². The van der Waals surface area contributed by atoms with Gasteiger partial charge in [0.2, 0.25) is 5.91 Å². The lowest BCUT2D eigenvalue weighted by Gasteiger charge is -2.39. The molecule has 1 saturated carbocycles. The highest BCUT2D eigenvalue weighted by atomic mass is 19.1. The normalized spacial score (nSPS) is 21.6. The first-order chi connectivity index (χ1) is 14.9. The van der Waals surface area contributed by atoms with Gasteiger partial charge in [-0.2, -0.15) is 0 Å². The molecular weight excluding hydrogens is 403 g/mol. The predicted octanol–water partition coefficient (Wildman–Crippen LogP) is 2.05. The lowest BCUT2D eigenvalue weighted by atomic mass is 9.86. The van der Waals surface area contributed by atoms with Crippen molar-refractivity contribution in [2.75, 3.05) is 38.2 Å². The van der Waals surface area contributed by atoms with E-state index in [0.717, 1.165) is 25.7 Å². The molecule has 0 spiro atoms. The molecule has 0 aromatic heterocycles. The van der Waals surface area contributed by atoms with Gasteiger partial charge in [0.25, 0.3) is 0 Å². The molecule has 1 aromatic rings. The summed E-state index contributed by atoms with van der Waals surface area (Å²) in [5, 5.41) is 7.11. The molecule has 1 aliphatic heterocycles. The first kappa shape index (κ1) is 23.0. The highest BCUT2D eigenvalue weighted by Gasteiger charge is 2.31. The number of carbonyl (C=O) groups is 2. The number of anilines is 1. The van der Waals surface area contributed by atoms with Crippen molar-refractivity contribution in [3.63, 3.8) is 0 Å². The molecule has 31 heavy (non-hydrogen) atoms. The van der Waals surface area contributed by atoms with E-state index in [1.807, 2.05) is 9.80 Å². The summed E-state index contributed by atoms with van der Waals surface area (Å²) >= 11 is 0. The van der Waals surface area contributed by atoms with Gasteiger partial charge in [0.15, 0.2) is 5.82 Å². The van der Waals surface area contributed by atoms with Gasteiger partial charge in [0.05, 0.1) is 11.8 Å². The third kappa shape index (κ3) is 5.94. The Kier molecular flexibility index (Phi) is 7.84. The zero-order chi connectivity index (χ0) is 22.4. The first-order valence-electron chi connectivity index (χ1n) is 10.7. The number of esters is 1. The Bertz CT molecular complexity index is 803. The van der Waals surface area contributed by atoms with E-state index in [1.54, 1.807) is 25.3 Å². The number of amides is 1. The van der Waals surface area contributed by atoms with E-state index in [2.05, 4.69) is 0 Å². The Morgan fingerprint density at radius 1 is 1.16 bits per heavy atom. The minimum absolute atomic E-state index is 0.0581. The Morgan fingerprint density at radius 2 is 1.84 bits per heavy atom. The zero-order valence-electron chi connectivity index (χ0n) is 17.9. The molecule has 1 amide bonds. The lowest BCUT2D eigenvalue weighted by Crippen LogP contribution is -2.51. The van der Waals surface area contributed by atoms with E-state index in [4.69, 9.17) is 20.6 Å². The van der Waals surface area contributed by atoms with E-state index in [0.29, 0.717) is 31.9 Å². The van der Waals surface area contributed by atoms with Gasteiger partial charge in [-0.1, -0.05) is 12.1 Å². The molecular formula is C22H31FN4O4. The van der Waals surface area contributed by atoms with Crippen molar-refractivity contribution in [2.24, 2.45) is 11.7 Å². The fraction of sp³-hybridized carbons (Fsp3) is 0.591. The smallest absolute Gasteiger partial charge is 0.313 e. The van der Waals surface area contributed by atoms with Crippen LogP contribution >= 0.6 is 0 Å². The molecule has 0 unspecified atom stereocenters. The van der Waals surface area contributed by atoms with Crippen LogP contribution in [0, 0.1) is 17.1 Å². The van der Waals surface area contributed by atoms with E-state index >= 15 is 0 Å². The number of hydrogen-bond donors (Lipinski definition) is 2. The van der Waals surface area contributed by atoms with Crippen LogP contribution in [0.3, 0.4) is 0 Å². The highest BCUT2D eigenvalue weighted by Crippen LogP contribution is 2.29. The van der Waals surface area contributed by atoms with E-state index in [-0.39, 0.29) is 42.4 Å². The van der Waals surface area contributed by atoms with Crippen LogP contribution in [0.25, 0.3) is 0 Å². The number of amidine groups is 1. The summed E-state index contributed by atoms with van der Waals surface area (Å²) in [5.74, 6) is -1.14. The SMILES string of the molecule is COC1CCC(C(=O)N2CCN(c3cccc(COC(=O)CC(=N)N)c3F)CC2)CC1. The van der Waals surface area contributed by atoms with Crippen molar-refractivity contribution in [1.82, 2.24) is 4.90 Å². The van der Waals surface area contributed by atoms with Crippen LogP contribution in [0.15, 0.2) is 18.2 Å². The Labute approximate surface area is 182 Å². The van der Waals surface area contributed by atoms with Crippen LogP contribution in [-0.4, -0.2) is 62.0 Å². The summed E-state index contributed by atoms with van der Waals surface area (Å²) in [7, 11) is 1.72. The van der Waals surface area contributed by atoms with Gasteiger partial charge in [0.1, 0.15) is 18.9 Å². The first-order valence-corrected chi connectivity index (χ1v) is 10.7. The fourth-order valence-electron chi connectivity index (χ4n) is 4.26. The molecule has 0 atom stereocenters. The average molecular weight is 435 g/mol. The molecule has 1 aliphatic carbocycles. The summed E-state index contributed by atoms with van der Waals surface area (Å²) in [5.41, 5.74) is 5.88. The number of ether oxygens (including phenoxy) is 2. The fourth-order valence-corrected chi connectivity index (χ4v) is 4.26. The maximum atomic E-state index is 15.0. The van der Waals surface area contributed by atoms with Crippen LogP contribution < -0.4 is 10.6 Å². The Hall–Kier alpha value is -2.68. The predicted molar refractivity (Wildman–Crippen MR) is 114 cm³/mol. The maximum Gasteiger partial charge on any atom is 0.313 e. The number of carbonyl (C=O) groups excluding carboxylic acids is 2. The number of piperazine rings is 1. The molecule has 3 rings (SSSR count). The van der Waals surface area contributed by atoms with E-state index in [9.17, 15) is 14.0 Å². The van der Waals surface area contributed by atoms with Gasteiger partial charge in [-0.05, 0) is 31.7 Å². The molecule has 0 bridgehead atoms. The number of rotatable bonds is 7. The van der Waals surface area contributed by atoms with Crippen molar-refractivity contribution in [3.8, 4) is 0 Å². The van der Waals surface area contributed by atoms with Gasteiger partial charge in [-0.15, -0.1) is 0 Å². The third-order valence-electron chi connectivity index (χ3n) is 6.07. The summed E-state index contributed by atoms with van der Waals surface area (Å²) in [6, 6.07) is 4.98. The van der Waals surface area contributed by atoms with Crippen LogP contribution in [0.4, 0.5) is 10.1 Å². The van der Waals surface area contributed by atoms with E-state index in [1.165, 1.54) is 0 Å². The third-order valence-corrected chi connectivity index (χ3v) is 6.07. The molecule has 1 heterocycles. The molecule has 170 valence electrons. The van der Waals surface area contributed by atoms with Crippen molar-refractivity contribution < 1.29 is 23.5 Å². The second-order valence-corrected chi connectivity index (χ2v) is 8.13. The number of halogens is 1. The van der Waals surface area contributed by atoms with Gasteiger partial charge < -0.3 is 25.0 Å². The highest BCUT2D eigenvalue weighted by molar-refractivity contribution is 5.94. The number of nitrogens with zero attached hydrogens (tertiary/aromatic N) is 2. The summed E-state index contributed by atoms with van der Waals surface area (Å²) < 4.78 is 25.4. The van der Waals surface area contributed by atoms with Crippen LogP contribution in [0.5, 0.6) is 0 Å². The molecule has 2 aliphatic rings. The number of nitrogens with two attached hydrogens (primary N) is 1. The average Bonchev–Trinajstić information content (AvgIpc) is 2.77.